The van der Waals surface area contributed by atoms with Gasteiger partial charge in [0.05, 0.1) is 19.0 Å². The first kappa shape index (κ1) is 18.4. The van der Waals surface area contributed by atoms with E-state index in [0.29, 0.717) is 31.9 Å². The van der Waals surface area contributed by atoms with Gasteiger partial charge >= 0.3 is 5.97 Å². The molecule has 1 aliphatic heterocycles. The van der Waals surface area contributed by atoms with Gasteiger partial charge in [-0.25, -0.2) is 13.2 Å². The molecule has 1 aliphatic rings. The van der Waals surface area contributed by atoms with Gasteiger partial charge in [-0.2, -0.15) is 4.31 Å². The average Bonchev–Trinajstić information content (AvgIpc) is 3.07. The standard InChI is InChI=1S/C16H19N3O6S/c20-16(21)13-14(12-4-2-1-3-5-12)25-18-15(13)17-6-11-26(22,23)19-7-9-24-10-8-19/h1-5H,6-11H2,(H,17,18)(H,20,21). The molecule has 0 aliphatic carbocycles. The molecule has 0 bridgehead atoms. The first-order valence-electron chi connectivity index (χ1n) is 8.07. The van der Waals surface area contributed by atoms with Crippen LogP contribution in [0, 0.1) is 0 Å². The highest BCUT2D eigenvalue weighted by atomic mass is 32.2. The summed E-state index contributed by atoms with van der Waals surface area (Å²) in [5.41, 5.74) is 0.450. The van der Waals surface area contributed by atoms with Gasteiger partial charge in [-0.1, -0.05) is 35.5 Å². The summed E-state index contributed by atoms with van der Waals surface area (Å²) in [5.74, 6) is -1.26. The molecule has 3 rings (SSSR count). The lowest BCUT2D eigenvalue weighted by Crippen LogP contribution is -2.42. The third-order valence-corrected chi connectivity index (χ3v) is 5.83. The lowest BCUT2D eigenvalue weighted by atomic mass is 10.1. The number of aromatic nitrogens is 1. The van der Waals surface area contributed by atoms with Gasteiger partial charge in [-0.05, 0) is 0 Å². The fourth-order valence-corrected chi connectivity index (χ4v) is 3.97. The molecule has 1 aromatic heterocycles. The van der Waals surface area contributed by atoms with Crippen molar-refractivity contribution in [2.45, 2.75) is 0 Å². The van der Waals surface area contributed by atoms with Crippen molar-refractivity contribution in [2.75, 3.05) is 43.9 Å². The molecule has 0 spiro atoms. The van der Waals surface area contributed by atoms with Crippen LogP contribution in [0.15, 0.2) is 34.9 Å². The van der Waals surface area contributed by atoms with Gasteiger partial charge in [0, 0.05) is 25.2 Å². The van der Waals surface area contributed by atoms with Crippen LogP contribution < -0.4 is 5.32 Å². The van der Waals surface area contributed by atoms with Crippen LogP contribution in [0.4, 0.5) is 5.82 Å². The van der Waals surface area contributed by atoms with E-state index in [4.69, 9.17) is 9.26 Å². The van der Waals surface area contributed by atoms with Crippen LogP contribution in [-0.2, 0) is 14.8 Å². The van der Waals surface area contributed by atoms with Gasteiger partial charge in [0.15, 0.2) is 17.1 Å². The number of nitrogens with one attached hydrogen (secondary N) is 1. The molecule has 140 valence electrons. The van der Waals surface area contributed by atoms with Crippen molar-refractivity contribution < 1.29 is 27.6 Å². The van der Waals surface area contributed by atoms with E-state index in [0.717, 1.165) is 0 Å². The van der Waals surface area contributed by atoms with E-state index in [1.165, 1.54) is 4.31 Å². The van der Waals surface area contributed by atoms with Crippen molar-refractivity contribution >= 4 is 21.8 Å². The maximum absolute atomic E-state index is 12.3. The summed E-state index contributed by atoms with van der Waals surface area (Å²) in [6, 6.07) is 8.73. The number of benzene rings is 1. The minimum atomic E-state index is -3.45. The van der Waals surface area contributed by atoms with Crippen LogP contribution >= 0.6 is 0 Å². The van der Waals surface area contributed by atoms with E-state index >= 15 is 0 Å². The number of morpholine rings is 1. The quantitative estimate of drug-likeness (QED) is 0.731. The summed E-state index contributed by atoms with van der Waals surface area (Å²) >= 11 is 0. The summed E-state index contributed by atoms with van der Waals surface area (Å²) in [4.78, 5) is 11.6. The summed E-state index contributed by atoms with van der Waals surface area (Å²) in [6.07, 6.45) is 0. The molecule has 2 heterocycles. The Hall–Kier alpha value is -2.43. The Morgan fingerprint density at radius 3 is 2.58 bits per heavy atom. The normalized spacial score (nSPS) is 15.7. The first-order chi connectivity index (χ1) is 12.5. The third-order valence-electron chi connectivity index (χ3n) is 3.96. The molecule has 26 heavy (non-hydrogen) atoms. The van der Waals surface area contributed by atoms with Gasteiger partial charge in [-0.15, -0.1) is 0 Å². The number of nitrogens with zero attached hydrogens (tertiary/aromatic N) is 2. The van der Waals surface area contributed by atoms with Crippen molar-refractivity contribution in [3.05, 3.63) is 35.9 Å². The number of carboxylic acids is 1. The number of sulfonamides is 1. The lowest BCUT2D eigenvalue weighted by Gasteiger charge is -2.26. The Labute approximate surface area is 150 Å². The van der Waals surface area contributed by atoms with Crippen LogP contribution in [0.3, 0.4) is 0 Å². The molecule has 1 aromatic carbocycles. The molecule has 1 saturated heterocycles. The SMILES string of the molecule is O=C(O)c1c(NCCS(=O)(=O)N2CCOCC2)noc1-c1ccccc1. The third kappa shape index (κ3) is 4.03. The predicted molar refractivity (Wildman–Crippen MR) is 93.6 cm³/mol. The Balaban J connectivity index is 1.70. The highest BCUT2D eigenvalue weighted by Crippen LogP contribution is 2.29. The zero-order valence-electron chi connectivity index (χ0n) is 13.9. The number of anilines is 1. The predicted octanol–water partition coefficient (Wildman–Crippen LogP) is 1.11. The fraction of sp³-hybridized carbons (Fsp3) is 0.375. The molecule has 10 heteroatoms. The van der Waals surface area contributed by atoms with E-state index in [1.54, 1.807) is 30.3 Å². The average molecular weight is 381 g/mol. The summed E-state index contributed by atoms with van der Waals surface area (Å²) in [7, 11) is -3.45. The minimum Gasteiger partial charge on any atom is -0.477 e. The van der Waals surface area contributed by atoms with Gasteiger partial charge in [0.1, 0.15) is 0 Å². The number of rotatable bonds is 7. The second kappa shape index (κ2) is 7.85. The fourth-order valence-electron chi connectivity index (χ4n) is 2.65. The molecule has 0 atom stereocenters. The number of ether oxygens (including phenoxy) is 1. The number of carbonyl (C=O) groups is 1. The summed E-state index contributed by atoms with van der Waals surface area (Å²) < 4.78 is 36.3. The number of carboxylic acid groups (broad SMARTS) is 1. The highest BCUT2D eigenvalue weighted by molar-refractivity contribution is 7.89. The Kier molecular flexibility index (Phi) is 5.55. The van der Waals surface area contributed by atoms with Crippen LogP contribution in [0.2, 0.25) is 0 Å². The van der Waals surface area contributed by atoms with Gasteiger partial charge < -0.3 is 19.7 Å². The molecule has 0 unspecified atom stereocenters. The van der Waals surface area contributed by atoms with Gasteiger partial charge in [-0.3, -0.25) is 0 Å². The van der Waals surface area contributed by atoms with Crippen LogP contribution in [-0.4, -0.2) is 67.6 Å². The van der Waals surface area contributed by atoms with E-state index in [-0.39, 0.29) is 29.4 Å². The van der Waals surface area contributed by atoms with Crippen LogP contribution in [0.5, 0.6) is 0 Å². The largest absolute Gasteiger partial charge is 0.477 e. The van der Waals surface area contributed by atoms with Gasteiger partial charge in [0.2, 0.25) is 10.0 Å². The molecule has 2 N–H and O–H groups in total. The Morgan fingerprint density at radius 1 is 1.23 bits per heavy atom. The number of aromatic carboxylic acids is 1. The topological polar surface area (TPSA) is 122 Å². The second-order valence-electron chi connectivity index (χ2n) is 5.66. The maximum Gasteiger partial charge on any atom is 0.343 e. The maximum atomic E-state index is 12.3. The highest BCUT2D eigenvalue weighted by Gasteiger charge is 2.26. The molecule has 1 fully saturated rings. The van der Waals surface area contributed by atoms with E-state index < -0.39 is 16.0 Å². The molecule has 9 nitrogen and oxygen atoms in total. The number of hydrogen-bond donors (Lipinski definition) is 2. The molecule has 0 radical (unpaired) electrons. The zero-order valence-corrected chi connectivity index (χ0v) is 14.7. The van der Waals surface area contributed by atoms with Gasteiger partial charge in [0.25, 0.3) is 0 Å². The van der Waals surface area contributed by atoms with E-state index in [2.05, 4.69) is 10.5 Å². The number of hydrogen-bond acceptors (Lipinski definition) is 7. The molecule has 0 saturated carbocycles. The monoisotopic (exact) mass is 381 g/mol. The Bertz CT molecular complexity index is 859. The summed E-state index contributed by atoms with van der Waals surface area (Å²) in [6.45, 7) is 1.41. The van der Waals surface area contributed by atoms with Crippen molar-refractivity contribution in [1.82, 2.24) is 9.46 Å². The van der Waals surface area contributed by atoms with Crippen molar-refractivity contribution in [1.29, 1.82) is 0 Å². The van der Waals surface area contributed by atoms with E-state index in [9.17, 15) is 18.3 Å². The van der Waals surface area contributed by atoms with Crippen LogP contribution in [0.25, 0.3) is 11.3 Å². The molecule has 0 amide bonds. The molecular formula is C16H19N3O6S. The van der Waals surface area contributed by atoms with E-state index in [1.807, 2.05) is 0 Å². The molecule has 2 aromatic rings. The molecular weight excluding hydrogens is 362 g/mol. The van der Waals surface area contributed by atoms with Crippen molar-refractivity contribution in [3.63, 3.8) is 0 Å². The zero-order chi connectivity index (χ0) is 18.6. The smallest absolute Gasteiger partial charge is 0.343 e. The Morgan fingerprint density at radius 2 is 1.92 bits per heavy atom. The lowest BCUT2D eigenvalue weighted by molar-refractivity contribution is 0.0698. The van der Waals surface area contributed by atoms with Crippen LogP contribution in [0.1, 0.15) is 10.4 Å². The van der Waals surface area contributed by atoms with Crippen molar-refractivity contribution in [3.8, 4) is 11.3 Å². The summed E-state index contributed by atoms with van der Waals surface area (Å²) in [5, 5.41) is 16.0. The minimum absolute atomic E-state index is 0.00790. The van der Waals surface area contributed by atoms with Crippen molar-refractivity contribution in [2.24, 2.45) is 0 Å². The second-order valence-corrected chi connectivity index (χ2v) is 7.75. The first-order valence-corrected chi connectivity index (χ1v) is 9.68.